The van der Waals surface area contributed by atoms with Crippen molar-refractivity contribution in [2.45, 2.75) is 32.7 Å². The van der Waals surface area contributed by atoms with Gasteiger partial charge >= 0.3 is 0 Å². The molecule has 1 aromatic rings. The fourth-order valence-corrected chi connectivity index (χ4v) is 2.17. The minimum atomic E-state index is -3.26. The maximum Gasteiger partial charge on any atom is 0.231 e. The van der Waals surface area contributed by atoms with Crippen molar-refractivity contribution in [3.8, 4) is 0 Å². The van der Waals surface area contributed by atoms with Gasteiger partial charge in [0.25, 0.3) is 0 Å². The van der Waals surface area contributed by atoms with Crippen LogP contribution < -0.4 is 9.62 Å². The highest BCUT2D eigenvalue weighted by Gasteiger charge is 2.15. The Bertz CT molecular complexity index is 571. The molecule has 5 nitrogen and oxygen atoms in total. The first-order valence-electron chi connectivity index (χ1n) is 6.33. The fourth-order valence-electron chi connectivity index (χ4n) is 1.66. The summed E-state index contributed by atoms with van der Waals surface area (Å²) in [6.45, 7) is 5.78. The molecule has 1 N–H and O–H groups in total. The summed E-state index contributed by atoms with van der Waals surface area (Å²) in [5.41, 5.74) is 1.16. The van der Waals surface area contributed by atoms with Crippen molar-refractivity contribution in [3.05, 3.63) is 29.8 Å². The van der Waals surface area contributed by atoms with Gasteiger partial charge in [0.1, 0.15) is 0 Å². The molecule has 1 rings (SSSR count). The Hall–Kier alpha value is -1.56. The lowest BCUT2D eigenvalue weighted by Crippen LogP contribution is -2.41. The molecular weight excluding hydrogens is 276 g/mol. The number of rotatable bonds is 4. The van der Waals surface area contributed by atoms with E-state index in [1.807, 2.05) is 20.8 Å². The highest BCUT2D eigenvalue weighted by molar-refractivity contribution is 7.92. The smallest absolute Gasteiger partial charge is 0.231 e. The Morgan fingerprint density at radius 3 is 2.10 bits per heavy atom. The second kappa shape index (κ2) is 5.83. The van der Waals surface area contributed by atoms with Gasteiger partial charge in [-0.25, -0.2) is 8.42 Å². The third-order valence-electron chi connectivity index (χ3n) is 2.68. The van der Waals surface area contributed by atoms with Gasteiger partial charge in [-0.2, -0.15) is 0 Å². The van der Waals surface area contributed by atoms with Gasteiger partial charge in [-0.05, 0) is 38.5 Å². The van der Waals surface area contributed by atoms with Crippen LogP contribution in [0.4, 0.5) is 5.69 Å². The van der Waals surface area contributed by atoms with E-state index < -0.39 is 10.0 Å². The maximum absolute atomic E-state index is 11.8. The molecule has 6 heteroatoms. The van der Waals surface area contributed by atoms with E-state index >= 15 is 0 Å². The predicted octanol–water partition coefficient (Wildman–Crippen LogP) is 1.54. The molecule has 20 heavy (non-hydrogen) atoms. The van der Waals surface area contributed by atoms with Crippen LogP contribution in [0.2, 0.25) is 0 Å². The summed E-state index contributed by atoms with van der Waals surface area (Å²) < 4.78 is 24.0. The average Bonchev–Trinajstić information content (AvgIpc) is 2.25. The molecule has 0 saturated heterocycles. The number of carbonyl (C=O) groups excluding carboxylic acids is 1. The van der Waals surface area contributed by atoms with Crippen LogP contribution in [0.15, 0.2) is 24.3 Å². The molecule has 0 heterocycles. The SMILES string of the molecule is CN(c1ccc(CC(=O)NC(C)(C)C)cc1)S(C)(=O)=O. The van der Waals surface area contributed by atoms with Crippen LogP contribution in [0.25, 0.3) is 0 Å². The zero-order chi connectivity index (χ0) is 15.6. The largest absolute Gasteiger partial charge is 0.351 e. The highest BCUT2D eigenvalue weighted by Crippen LogP contribution is 2.16. The molecular formula is C14H22N2O3S. The fraction of sp³-hybridized carbons (Fsp3) is 0.500. The number of nitrogens with zero attached hydrogens (tertiary/aromatic N) is 1. The molecule has 0 spiro atoms. The van der Waals surface area contributed by atoms with Gasteiger partial charge in [0, 0.05) is 12.6 Å². The molecule has 1 amide bonds. The van der Waals surface area contributed by atoms with Crippen LogP contribution in [0, 0.1) is 0 Å². The van der Waals surface area contributed by atoms with Gasteiger partial charge in [0.15, 0.2) is 0 Å². The summed E-state index contributed by atoms with van der Waals surface area (Å²) >= 11 is 0. The van der Waals surface area contributed by atoms with Crippen molar-refractivity contribution in [2.24, 2.45) is 0 Å². The zero-order valence-corrected chi connectivity index (χ0v) is 13.4. The maximum atomic E-state index is 11.8. The molecule has 0 unspecified atom stereocenters. The standard InChI is InChI=1S/C14H22N2O3S/c1-14(2,3)15-13(17)10-11-6-8-12(9-7-11)16(4)20(5,18)19/h6-9H,10H2,1-5H3,(H,15,17). The van der Waals surface area contributed by atoms with Gasteiger partial charge in [0.05, 0.1) is 18.4 Å². The van der Waals surface area contributed by atoms with Crippen LogP contribution in [-0.4, -0.2) is 33.2 Å². The Balaban J connectivity index is 2.75. The topological polar surface area (TPSA) is 66.5 Å². The lowest BCUT2D eigenvalue weighted by Gasteiger charge is -2.20. The summed E-state index contributed by atoms with van der Waals surface area (Å²) in [6, 6.07) is 6.92. The first kappa shape index (κ1) is 16.5. The van der Waals surface area contributed by atoms with E-state index in [2.05, 4.69) is 5.32 Å². The van der Waals surface area contributed by atoms with Crippen molar-refractivity contribution in [3.63, 3.8) is 0 Å². The third-order valence-corrected chi connectivity index (χ3v) is 3.88. The summed E-state index contributed by atoms with van der Waals surface area (Å²) in [6.07, 6.45) is 1.43. The second-order valence-corrected chi connectivity index (χ2v) is 7.89. The normalized spacial score (nSPS) is 12.1. The Morgan fingerprint density at radius 1 is 1.20 bits per heavy atom. The number of carbonyl (C=O) groups is 1. The molecule has 1 aromatic carbocycles. The Labute approximate surface area is 121 Å². The first-order chi connectivity index (χ1) is 8.99. The van der Waals surface area contributed by atoms with E-state index in [9.17, 15) is 13.2 Å². The minimum absolute atomic E-state index is 0.0540. The van der Waals surface area contributed by atoms with E-state index in [-0.39, 0.29) is 17.9 Å². The molecule has 0 aromatic heterocycles. The van der Waals surface area contributed by atoms with E-state index in [4.69, 9.17) is 0 Å². The summed E-state index contributed by atoms with van der Waals surface area (Å²) in [7, 11) is -1.77. The van der Waals surface area contributed by atoms with Gasteiger partial charge in [0.2, 0.25) is 15.9 Å². The zero-order valence-electron chi connectivity index (χ0n) is 12.6. The molecule has 0 fully saturated rings. The van der Waals surface area contributed by atoms with Gasteiger partial charge in [-0.3, -0.25) is 9.10 Å². The van der Waals surface area contributed by atoms with Crippen molar-refractivity contribution in [1.29, 1.82) is 0 Å². The van der Waals surface area contributed by atoms with Crippen LogP contribution in [-0.2, 0) is 21.2 Å². The van der Waals surface area contributed by atoms with Crippen LogP contribution >= 0.6 is 0 Å². The van der Waals surface area contributed by atoms with Crippen molar-refractivity contribution >= 4 is 21.6 Å². The van der Waals surface area contributed by atoms with Crippen molar-refractivity contribution < 1.29 is 13.2 Å². The summed E-state index contributed by atoms with van der Waals surface area (Å²) in [5.74, 6) is -0.0540. The minimum Gasteiger partial charge on any atom is -0.351 e. The predicted molar refractivity (Wildman–Crippen MR) is 81.3 cm³/mol. The molecule has 0 bridgehead atoms. The molecule has 0 saturated carbocycles. The van der Waals surface area contributed by atoms with E-state index in [1.54, 1.807) is 24.3 Å². The Kier molecular flexibility index (Phi) is 4.81. The highest BCUT2D eigenvalue weighted by atomic mass is 32.2. The summed E-state index contributed by atoms with van der Waals surface area (Å²) in [4.78, 5) is 11.8. The van der Waals surface area contributed by atoms with E-state index in [0.717, 1.165) is 11.8 Å². The lowest BCUT2D eigenvalue weighted by molar-refractivity contribution is -0.121. The number of hydrogen-bond acceptors (Lipinski definition) is 3. The molecule has 0 radical (unpaired) electrons. The number of nitrogens with one attached hydrogen (secondary N) is 1. The number of sulfonamides is 1. The van der Waals surface area contributed by atoms with Crippen LogP contribution in [0.3, 0.4) is 0 Å². The number of hydrogen-bond donors (Lipinski definition) is 1. The second-order valence-electron chi connectivity index (χ2n) is 5.87. The molecule has 0 atom stereocenters. The third kappa shape index (κ3) is 5.21. The summed E-state index contributed by atoms with van der Waals surface area (Å²) in [5, 5.41) is 2.88. The van der Waals surface area contributed by atoms with E-state index in [1.165, 1.54) is 11.4 Å². The van der Waals surface area contributed by atoms with Gasteiger partial charge in [-0.1, -0.05) is 12.1 Å². The monoisotopic (exact) mass is 298 g/mol. The molecule has 112 valence electrons. The first-order valence-corrected chi connectivity index (χ1v) is 8.18. The number of amides is 1. The quantitative estimate of drug-likeness (QED) is 0.917. The average molecular weight is 298 g/mol. The molecule has 0 aliphatic rings. The Morgan fingerprint density at radius 2 is 1.70 bits per heavy atom. The van der Waals surface area contributed by atoms with Gasteiger partial charge in [-0.15, -0.1) is 0 Å². The van der Waals surface area contributed by atoms with Crippen molar-refractivity contribution in [1.82, 2.24) is 5.32 Å². The van der Waals surface area contributed by atoms with Crippen molar-refractivity contribution in [2.75, 3.05) is 17.6 Å². The van der Waals surface area contributed by atoms with Crippen LogP contribution in [0.5, 0.6) is 0 Å². The van der Waals surface area contributed by atoms with Gasteiger partial charge < -0.3 is 5.32 Å². The lowest BCUT2D eigenvalue weighted by atomic mass is 10.1. The molecule has 0 aliphatic carbocycles. The van der Waals surface area contributed by atoms with Crippen LogP contribution in [0.1, 0.15) is 26.3 Å². The molecule has 0 aliphatic heterocycles. The number of benzene rings is 1. The number of anilines is 1. The van der Waals surface area contributed by atoms with E-state index in [0.29, 0.717) is 5.69 Å².